The van der Waals surface area contributed by atoms with Gasteiger partial charge in [0.1, 0.15) is 6.33 Å². The van der Waals surface area contributed by atoms with E-state index in [-0.39, 0.29) is 5.82 Å². The van der Waals surface area contributed by atoms with Crippen LogP contribution in [-0.2, 0) is 6.54 Å². The summed E-state index contributed by atoms with van der Waals surface area (Å²) < 4.78 is 71.2. The number of halogens is 5. The summed E-state index contributed by atoms with van der Waals surface area (Å²) in [4.78, 5) is 4.35. The van der Waals surface area contributed by atoms with Gasteiger partial charge in [0.05, 0.1) is 12.1 Å². The zero-order valence-corrected chi connectivity index (χ0v) is 19.2. The molecule has 0 saturated heterocycles. The molecule has 1 aromatic heterocycles. The van der Waals surface area contributed by atoms with Gasteiger partial charge in [0.2, 0.25) is 5.82 Å². The first-order valence-corrected chi connectivity index (χ1v) is 12.4. The van der Waals surface area contributed by atoms with Crippen LogP contribution < -0.4 is 10.6 Å². The quantitative estimate of drug-likeness (QED) is 0.131. The minimum Gasteiger partial charge on any atom is -0.241 e. The van der Waals surface area contributed by atoms with Gasteiger partial charge in [-0.25, -0.2) is 31.6 Å². The average molecular weight is 497 g/mol. The predicted molar refractivity (Wildman–Crippen MR) is 127 cm³/mol. The summed E-state index contributed by atoms with van der Waals surface area (Å²) in [7, 11) is -0.867. The Balaban J connectivity index is 1.71. The van der Waals surface area contributed by atoms with Crippen LogP contribution in [0.25, 0.3) is 22.2 Å². The molecule has 0 amide bonds. The van der Waals surface area contributed by atoms with E-state index in [4.69, 9.17) is 0 Å². The molecule has 0 aliphatic rings. The van der Waals surface area contributed by atoms with Crippen LogP contribution in [-0.4, -0.2) is 21.4 Å². The molecule has 1 heterocycles. The van der Waals surface area contributed by atoms with E-state index in [1.165, 1.54) is 6.33 Å². The van der Waals surface area contributed by atoms with Crippen LogP contribution in [0, 0.1) is 29.1 Å². The minimum absolute atomic E-state index is 0.269. The van der Waals surface area contributed by atoms with Gasteiger partial charge in [-0.3, -0.25) is 0 Å². The van der Waals surface area contributed by atoms with Crippen molar-refractivity contribution in [2.45, 2.75) is 6.54 Å². The van der Waals surface area contributed by atoms with Crippen LogP contribution >= 0.6 is 7.92 Å². The SMILES string of the molecule is CP(c1ccccc1)c1ccc2ccccc2c1-c1ncnn1Cc1c(F)c(F)c(F)c(F)c1F. The van der Waals surface area contributed by atoms with Gasteiger partial charge in [-0.1, -0.05) is 66.7 Å². The Morgan fingerprint density at radius 1 is 0.743 bits per heavy atom. The summed E-state index contributed by atoms with van der Waals surface area (Å²) in [6.07, 6.45) is 1.20. The smallest absolute Gasteiger partial charge is 0.200 e. The number of aromatic nitrogens is 3. The number of hydrogen-bond donors (Lipinski definition) is 0. The number of nitrogens with zero attached hydrogens (tertiary/aromatic N) is 3. The van der Waals surface area contributed by atoms with Crippen molar-refractivity contribution >= 4 is 29.3 Å². The Hall–Kier alpha value is -3.64. The molecule has 9 heteroatoms. The Morgan fingerprint density at radius 2 is 1.37 bits per heavy atom. The number of fused-ring (bicyclic) bond motifs is 1. The number of hydrogen-bond acceptors (Lipinski definition) is 2. The Labute approximate surface area is 198 Å². The Kier molecular flexibility index (Phi) is 6.07. The molecule has 3 nitrogen and oxygen atoms in total. The van der Waals surface area contributed by atoms with E-state index < -0.39 is 49.1 Å². The van der Waals surface area contributed by atoms with Crippen LogP contribution in [0.3, 0.4) is 0 Å². The molecule has 176 valence electrons. The summed E-state index contributed by atoms with van der Waals surface area (Å²) in [5.74, 6) is -9.68. The molecule has 0 spiro atoms. The van der Waals surface area contributed by atoms with E-state index in [1.807, 2.05) is 66.7 Å². The summed E-state index contributed by atoms with van der Waals surface area (Å²) in [6.45, 7) is 1.40. The predicted octanol–water partition coefficient (Wildman–Crippen LogP) is 5.90. The van der Waals surface area contributed by atoms with Crippen LogP contribution in [0.4, 0.5) is 22.0 Å². The monoisotopic (exact) mass is 497 g/mol. The Morgan fingerprint density at radius 3 is 2.09 bits per heavy atom. The molecule has 0 fully saturated rings. The summed E-state index contributed by atoms with van der Waals surface area (Å²) in [6, 6.07) is 21.4. The third-order valence-corrected chi connectivity index (χ3v) is 8.03. The van der Waals surface area contributed by atoms with Crippen molar-refractivity contribution in [2.24, 2.45) is 0 Å². The number of benzene rings is 4. The van der Waals surface area contributed by atoms with Gasteiger partial charge in [0, 0.05) is 5.56 Å². The average Bonchev–Trinajstić information content (AvgIpc) is 3.36. The minimum atomic E-state index is -2.20. The largest absolute Gasteiger partial charge is 0.241 e. The number of rotatable bonds is 5. The van der Waals surface area contributed by atoms with E-state index in [0.29, 0.717) is 5.56 Å². The van der Waals surface area contributed by atoms with Gasteiger partial charge >= 0.3 is 0 Å². The zero-order chi connectivity index (χ0) is 24.7. The molecule has 5 aromatic rings. The molecule has 0 aliphatic carbocycles. The maximum Gasteiger partial charge on any atom is 0.200 e. The van der Waals surface area contributed by atoms with Crippen molar-refractivity contribution in [3.63, 3.8) is 0 Å². The van der Waals surface area contributed by atoms with E-state index in [1.54, 1.807) is 0 Å². The van der Waals surface area contributed by atoms with E-state index in [2.05, 4.69) is 16.7 Å². The molecular formula is C26H17F5N3P. The van der Waals surface area contributed by atoms with Gasteiger partial charge in [-0.05, 0) is 36.0 Å². The molecule has 1 atom stereocenters. The third kappa shape index (κ3) is 3.98. The van der Waals surface area contributed by atoms with Gasteiger partial charge in [0.15, 0.2) is 29.1 Å². The van der Waals surface area contributed by atoms with E-state index in [9.17, 15) is 22.0 Å². The lowest BCUT2D eigenvalue weighted by Crippen LogP contribution is -2.17. The molecule has 0 N–H and O–H groups in total. The fourth-order valence-electron chi connectivity index (χ4n) is 4.08. The molecule has 5 rings (SSSR count). The standard InChI is InChI=1S/C26H17F5N3P/c1-35(16-8-3-2-4-9-16)19-12-11-15-7-5-6-10-17(15)20(19)26-32-14-33-34(26)13-18-21(27)23(29)25(31)24(30)22(18)28/h2-12,14H,13H2,1H3. The lowest BCUT2D eigenvalue weighted by atomic mass is 10.0. The highest BCUT2D eigenvalue weighted by Gasteiger charge is 2.27. The van der Waals surface area contributed by atoms with Crippen molar-refractivity contribution in [1.29, 1.82) is 0 Å². The maximum atomic E-state index is 14.4. The van der Waals surface area contributed by atoms with E-state index >= 15 is 0 Å². The second-order valence-electron chi connectivity index (χ2n) is 7.87. The molecule has 0 saturated carbocycles. The molecule has 35 heavy (non-hydrogen) atoms. The van der Waals surface area contributed by atoms with Crippen molar-refractivity contribution in [3.05, 3.63) is 108 Å². The normalized spacial score (nSPS) is 12.3. The third-order valence-electron chi connectivity index (χ3n) is 5.86. The Bertz CT molecular complexity index is 1520. The first-order valence-electron chi connectivity index (χ1n) is 10.6. The van der Waals surface area contributed by atoms with Crippen molar-refractivity contribution in [2.75, 3.05) is 6.66 Å². The first kappa shape index (κ1) is 23.1. The second kappa shape index (κ2) is 9.19. The lowest BCUT2D eigenvalue weighted by molar-refractivity contribution is 0.367. The molecule has 1 unspecified atom stereocenters. The molecule has 0 radical (unpaired) electrons. The second-order valence-corrected chi connectivity index (χ2v) is 9.98. The van der Waals surface area contributed by atoms with Crippen molar-refractivity contribution < 1.29 is 22.0 Å². The molecule has 0 aliphatic heterocycles. The summed E-state index contributed by atoms with van der Waals surface area (Å²) in [5.41, 5.74) is -0.279. The van der Waals surface area contributed by atoms with Gasteiger partial charge in [0.25, 0.3) is 0 Å². The topological polar surface area (TPSA) is 30.7 Å². The van der Waals surface area contributed by atoms with Gasteiger partial charge < -0.3 is 0 Å². The van der Waals surface area contributed by atoms with Crippen molar-refractivity contribution in [3.8, 4) is 11.4 Å². The highest BCUT2D eigenvalue weighted by Crippen LogP contribution is 2.37. The van der Waals surface area contributed by atoms with Gasteiger partial charge in [-0.15, -0.1) is 0 Å². The highest BCUT2D eigenvalue weighted by molar-refractivity contribution is 7.72. The maximum absolute atomic E-state index is 14.4. The molecular weight excluding hydrogens is 480 g/mol. The lowest BCUT2D eigenvalue weighted by Gasteiger charge is -2.20. The van der Waals surface area contributed by atoms with Crippen molar-refractivity contribution in [1.82, 2.24) is 14.8 Å². The van der Waals surface area contributed by atoms with Gasteiger partial charge in [-0.2, -0.15) is 5.10 Å². The fraction of sp³-hybridized carbons (Fsp3) is 0.0769. The first-order chi connectivity index (χ1) is 16.9. The summed E-state index contributed by atoms with van der Waals surface area (Å²) >= 11 is 0. The van der Waals surface area contributed by atoms with Crippen LogP contribution in [0.15, 0.2) is 73.1 Å². The zero-order valence-electron chi connectivity index (χ0n) is 18.3. The van der Waals surface area contributed by atoms with Crippen LogP contribution in [0.1, 0.15) is 5.56 Å². The highest BCUT2D eigenvalue weighted by atomic mass is 31.1. The van der Waals surface area contributed by atoms with E-state index in [0.717, 1.165) is 26.1 Å². The molecule has 0 bridgehead atoms. The summed E-state index contributed by atoms with van der Waals surface area (Å²) in [5, 5.41) is 7.86. The molecule has 4 aromatic carbocycles. The van der Waals surface area contributed by atoms with Crippen LogP contribution in [0.5, 0.6) is 0 Å². The fourth-order valence-corrected chi connectivity index (χ4v) is 5.83. The van der Waals surface area contributed by atoms with Crippen LogP contribution in [0.2, 0.25) is 0 Å².